The molecule has 3 aromatic rings. The van der Waals surface area contributed by atoms with Gasteiger partial charge in [-0.05, 0) is 50.2 Å². The standard InChI is InChI=1S/C28H28ClF4N3O6/c1-4-41-24-13-36(25(37)12-20(24)19-10-16(29)5-8-23(19)42-14-28(31,32)33)22(9-15(2)40-3)27(39)35-17-6-7-18(26(34)38)21(30)11-17/h5-8,10-13,15,22H,4,9,14H2,1-3H3,(H2,34,38)(H,35,39)/t15-,22?/m0/s1. The van der Waals surface area contributed by atoms with Crippen LogP contribution in [0.2, 0.25) is 5.02 Å². The molecule has 2 atom stereocenters. The first-order valence-corrected chi connectivity index (χ1v) is 12.9. The van der Waals surface area contributed by atoms with E-state index in [2.05, 4.69) is 5.32 Å². The van der Waals surface area contributed by atoms with Crippen molar-refractivity contribution in [2.24, 2.45) is 5.73 Å². The highest BCUT2D eigenvalue weighted by Gasteiger charge is 2.30. The number of hydrogen-bond donors (Lipinski definition) is 2. The number of benzene rings is 2. The first kappa shape index (κ1) is 32.4. The van der Waals surface area contributed by atoms with Crippen LogP contribution >= 0.6 is 11.6 Å². The molecule has 0 radical (unpaired) electrons. The number of ether oxygens (including phenoxy) is 3. The topological polar surface area (TPSA) is 122 Å². The molecule has 0 fully saturated rings. The number of alkyl halides is 3. The molecule has 42 heavy (non-hydrogen) atoms. The molecule has 2 amide bonds. The van der Waals surface area contributed by atoms with Crippen molar-refractivity contribution in [2.75, 3.05) is 25.6 Å². The van der Waals surface area contributed by atoms with Gasteiger partial charge in [0.1, 0.15) is 23.4 Å². The highest BCUT2D eigenvalue weighted by Crippen LogP contribution is 2.38. The first-order chi connectivity index (χ1) is 19.7. The summed E-state index contributed by atoms with van der Waals surface area (Å²) in [7, 11) is 1.41. The van der Waals surface area contributed by atoms with Crippen molar-refractivity contribution in [1.82, 2.24) is 4.57 Å². The highest BCUT2D eigenvalue weighted by atomic mass is 35.5. The van der Waals surface area contributed by atoms with Crippen LogP contribution in [0, 0.1) is 5.82 Å². The van der Waals surface area contributed by atoms with Gasteiger partial charge in [-0.15, -0.1) is 0 Å². The minimum Gasteiger partial charge on any atom is -0.492 e. The van der Waals surface area contributed by atoms with Crippen molar-refractivity contribution in [2.45, 2.75) is 38.6 Å². The van der Waals surface area contributed by atoms with Gasteiger partial charge in [-0.1, -0.05) is 11.6 Å². The predicted molar refractivity (Wildman–Crippen MR) is 148 cm³/mol. The molecule has 1 unspecified atom stereocenters. The van der Waals surface area contributed by atoms with Gasteiger partial charge in [-0.25, -0.2) is 4.39 Å². The number of nitrogens with zero attached hydrogens (tertiary/aromatic N) is 1. The fraction of sp³-hybridized carbons (Fsp3) is 0.321. The summed E-state index contributed by atoms with van der Waals surface area (Å²) in [5.41, 5.74) is 4.19. The summed E-state index contributed by atoms with van der Waals surface area (Å²) in [6, 6.07) is 7.09. The average Bonchev–Trinajstić information content (AvgIpc) is 2.91. The van der Waals surface area contributed by atoms with E-state index in [0.29, 0.717) is 0 Å². The van der Waals surface area contributed by atoms with E-state index in [1.165, 1.54) is 37.6 Å². The quantitative estimate of drug-likeness (QED) is 0.266. The van der Waals surface area contributed by atoms with Crippen molar-refractivity contribution < 1.29 is 41.4 Å². The molecule has 0 spiro atoms. The molecule has 3 rings (SSSR count). The van der Waals surface area contributed by atoms with Gasteiger partial charge in [0, 0.05) is 41.4 Å². The molecule has 226 valence electrons. The number of pyridine rings is 1. The van der Waals surface area contributed by atoms with Crippen LogP contribution in [0.15, 0.2) is 53.5 Å². The fourth-order valence-electron chi connectivity index (χ4n) is 4.03. The van der Waals surface area contributed by atoms with E-state index in [0.717, 1.165) is 22.8 Å². The van der Waals surface area contributed by atoms with E-state index in [-0.39, 0.29) is 51.9 Å². The van der Waals surface area contributed by atoms with E-state index < -0.39 is 48.1 Å². The van der Waals surface area contributed by atoms with Crippen molar-refractivity contribution in [3.8, 4) is 22.6 Å². The molecule has 0 aliphatic carbocycles. The second-order valence-electron chi connectivity index (χ2n) is 9.12. The molecule has 0 aliphatic rings. The minimum absolute atomic E-state index is 0.00217. The molecule has 14 heteroatoms. The Balaban J connectivity index is 2.09. The van der Waals surface area contributed by atoms with E-state index in [1.54, 1.807) is 13.8 Å². The molecular weight excluding hydrogens is 586 g/mol. The number of nitrogens with two attached hydrogens (primary N) is 1. The normalized spacial score (nSPS) is 12.9. The third-order valence-electron chi connectivity index (χ3n) is 6.07. The highest BCUT2D eigenvalue weighted by molar-refractivity contribution is 6.31. The maximum absolute atomic E-state index is 14.3. The molecular formula is C28H28ClF4N3O6. The zero-order chi connectivity index (χ0) is 31.2. The van der Waals surface area contributed by atoms with E-state index >= 15 is 0 Å². The zero-order valence-corrected chi connectivity index (χ0v) is 23.5. The Bertz CT molecular complexity index is 1510. The van der Waals surface area contributed by atoms with Crippen LogP contribution in [0.3, 0.4) is 0 Å². The summed E-state index contributed by atoms with van der Waals surface area (Å²) < 4.78 is 70.0. The Morgan fingerprint density at radius 1 is 1.07 bits per heavy atom. The Hall–Kier alpha value is -4.10. The number of nitrogens with one attached hydrogen (secondary N) is 1. The maximum atomic E-state index is 14.3. The lowest BCUT2D eigenvalue weighted by atomic mass is 10.0. The number of anilines is 1. The second-order valence-corrected chi connectivity index (χ2v) is 9.56. The SMILES string of the molecule is CCOc1cn(C(C[C@H](C)OC)C(=O)Nc2ccc(C(N)=O)c(F)c2)c(=O)cc1-c1cc(Cl)ccc1OCC(F)(F)F. The number of halogens is 5. The van der Waals surface area contributed by atoms with Crippen LogP contribution in [0.4, 0.5) is 23.2 Å². The van der Waals surface area contributed by atoms with Crippen LogP contribution in [-0.4, -0.2) is 49.0 Å². The second kappa shape index (κ2) is 13.7. The van der Waals surface area contributed by atoms with Crippen LogP contribution < -0.4 is 26.1 Å². The Morgan fingerprint density at radius 3 is 2.36 bits per heavy atom. The molecule has 3 N–H and O–H groups in total. The van der Waals surface area contributed by atoms with Crippen molar-refractivity contribution in [3.63, 3.8) is 0 Å². The van der Waals surface area contributed by atoms with Crippen molar-refractivity contribution in [3.05, 3.63) is 75.4 Å². The summed E-state index contributed by atoms with van der Waals surface area (Å²) in [5, 5.41) is 2.68. The Kier molecular flexibility index (Phi) is 10.6. The summed E-state index contributed by atoms with van der Waals surface area (Å²) in [5.74, 6) is -2.81. The number of rotatable bonds is 12. The number of amides is 2. The van der Waals surface area contributed by atoms with Gasteiger partial charge in [-0.3, -0.25) is 19.0 Å². The van der Waals surface area contributed by atoms with E-state index in [4.69, 9.17) is 31.5 Å². The van der Waals surface area contributed by atoms with Crippen LogP contribution in [0.25, 0.3) is 11.1 Å². The number of hydrogen-bond acceptors (Lipinski definition) is 6. The third kappa shape index (κ3) is 8.23. The molecule has 0 saturated heterocycles. The summed E-state index contributed by atoms with van der Waals surface area (Å²) in [4.78, 5) is 38.2. The maximum Gasteiger partial charge on any atom is 0.422 e. The minimum atomic E-state index is -4.62. The Labute approximate surface area is 243 Å². The van der Waals surface area contributed by atoms with Crippen molar-refractivity contribution in [1.29, 1.82) is 0 Å². The number of primary amides is 1. The van der Waals surface area contributed by atoms with Crippen LogP contribution in [0.5, 0.6) is 11.5 Å². The van der Waals surface area contributed by atoms with Gasteiger partial charge in [0.25, 0.3) is 11.5 Å². The van der Waals surface area contributed by atoms with Crippen molar-refractivity contribution >= 4 is 29.1 Å². The zero-order valence-electron chi connectivity index (χ0n) is 22.8. The first-order valence-electron chi connectivity index (χ1n) is 12.6. The number of carbonyl (C=O) groups is 2. The van der Waals surface area contributed by atoms with Gasteiger partial charge in [0.05, 0.1) is 24.5 Å². The number of aromatic nitrogens is 1. The summed E-state index contributed by atoms with van der Waals surface area (Å²) in [6.45, 7) is 1.84. The predicted octanol–water partition coefficient (Wildman–Crippen LogP) is 5.35. The van der Waals surface area contributed by atoms with Gasteiger partial charge >= 0.3 is 6.18 Å². The van der Waals surface area contributed by atoms with E-state index in [1.807, 2.05) is 0 Å². The number of carbonyl (C=O) groups excluding carboxylic acids is 2. The molecule has 9 nitrogen and oxygen atoms in total. The third-order valence-corrected chi connectivity index (χ3v) is 6.30. The molecule has 0 saturated carbocycles. The lowest BCUT2D eigenvalue weighted by Gasteiger charge is -2.24. The average molecular weight is 614 g/mol. The largest absolute Gasteiger partial charge is 0.492 e. The monoisotopic (exact) mass is 613 g/mol. The summed E-state index contributed by atoms with van der Waals surface area (Å²) in [6.07, 6.45) is -3.90. The van der Waals surface area contributed by atoms with Gasteiger partial charge in [0.15, 0.2) is 6.61 Å². The lowest BCUT2D eigenvalue weighted by Crippen LogP contribution is -2.35. The molecule has 1 heterocycles. The lowest BCUT2D eigenvalue weighted by molar-refractivity contribution is -0.153. The van der Waals surface area contributed by atoms with Gasteiger partial charge < -0.3 is 25.3 Å². The van der Waals surface area contributed by atoms with E-state index in [9.17, 15) is 31.9 Å². The summed E-state index contributed by atoms with van der Waals surface area (Å²) >= 11 is 6.12. The number of methoxy groups -OCH3 is 1. The smallest absolute Gasteiger partial charge is 0.422 e. The molecule has 0 bridgehead atoms. The Morgan fingerprint density at radius 2 is 1.76 bits per heavy atom. The van der Waals surface area contributed by atoms with Crippen LogP contribution in [-0.2, 0) is 9.53 Å². The molecule has 2 aromatic carbocycles. The van der Waals surface area contributed by atoms with Gasteiger partial charge in [0.2, 0.25) is 5.91 Å². The fourth-order valence-corrected chi connectivity index (χ4v) is 4.20. The molecule has 1 aromatic heterocycles. The van der Waals surface area contributed by atoms with Crippen LogP contribution in [0.1, 0.15) is 36.7 Å². The molecule has 0 aliphatic heterocycles. The van der Waals surface area contributed by atoms with Gasteiger partial charge in [-0.2, -0.15) is 13.2 Å².